The Morgan fingerprint density at radius 1 is 0.879 bits per heavy atom. The lowest BCUT2D eigenvalue weighted by Gasteiger charge is -2.29. The number of hydrogen-bond acceptors (Lipinski definition) is 2. The van der Waals surface area contributed by atoms with E-state index in [-0.39, 0.29) is 12.1 Å². The molecule has 3 heterocycles. The minimum absolute atomic E-state index is 0.0473. The Kier molecular flexibility index (Phi) is 5.69. The maximum Gasteiger partial charge on any atom is 0.174 e. The van der Waals surface area contributed by atoms with E-state index in [0.29, 0.717) is 5.11 Å². The van der Waals surface area contributed by atoms with Gasteiger partial charge in [0.05, 0.1) is 17.8 Å². The van der Waals surface area contributed by atoms with Gasteiger partial charge < -0.3 is 14.8 Å². The van der Waals surface area contributed by atoms with Crippen LogP contribution in [0.2, 0.25) is 5.02 Å². The molecule has 6 heteroatoms. The molecule has 0 radical (unpaired) electrons. The summed E-state index contributed by atoms with van der Waals surface area (Å²) in [5, 5.41) is 4.99. The maximum absolute atomic E-state index is 6.34. The minimum Gasteiger partial charge on any atom is -0.351 e. The number of benzene rings is 2. The molecule has 2 aromatic carbocycles. The summed E-state index contributed by atoms with van der Waals surface area (Å²) < 4.78 is 2.29. The van der Waals surface area contributed by atoms with Crippen molar-refractivity contribution in [2.45, 2.75) is 32.9 Å². The molecule has 166 valence electrons. The monoisotopic (exact) mass is 472 g/mol. The average molecular weight is 473 g/mol. The summed E-state index contributed by atoms with van der Waals surface area (Å²) in [7, 11) is 0. The zero-order valence-electron chi connectivity index (χ0n) is 18.8. The lowest BCUT2D eigenvalue weighted by molar-refractivity contribution is 0.563. The topological polar surface area (TPSA) is 33.1 Å². The summed E-state index contributed by atoms with van der Waals surface area (Å²) in [5.74, 6) is 0. The van der Waals surface area contributed by atoms with Crippen molar-refractivity contribution in [3.63, 3.8) is 0 Å². The van der Waals surface area contributed by atoms with Crippen LogP contribution in [0.5, 0.6) is 0 Å². The Morgan fingerprint density at radius 2 is 1.61 bits per heavy atom. The van der Waals surface area contributed by atoms with E-state index in [1.807, 2.05) is 54.7 Å². The van der Waals surface area contributed by atoms with E-state index in [0.717, 1.165) is 22.1 Å². The second-order valence-electron chi connectivity index (χ2n) is 8.36. The van der Waals surface area contributed by atoms with Gasteiger partial charge in [-0.1, -0.05) is 41.9 Å². The molecule has 1 fully saturated rings. The van der Waals surface area contributed by atoms with E-state index in [1.54, 1.807) is 0 Å². The molecular weight excluding hydrogens is 448 g/mol. The minimum atomic E-state index is -0.0779. The predicted molar refractivity (Wildman–Crippen MR) is 139 cm³/mol. The molecule has 0 saturated carbocycles. The first-order valence-electron chi connectivity index (χ1n) is 11.0. The normalized spacial score (nSPS) is 17.9. The fraction of sp³-hybridized carbons (Fsp3) is 0.185. The van der Waals surface area contributed by atoms with Crippen LogP contribution in [0.25, 0.3) is 5.69 Å². The Bertz CT molecular complexity index is 1320. The first-order valence-corrected chi connectivity index (χ1v) is 11.8. The summed E-state index contributed by atoms with van der Waals surface area (Å²) in [6.45, 7) is 6.53. The van der Waals surface area contributed by atoms with Crippen molar-refractivity contribution in [1.29, 1.82) is 0 Å². The van der Waals surface area contributed by atoms with Crippen LogP contribution >= 0.6 is 23.8 Å². The van der Waals surface area contributed by atoms with E-state index in [2.05, 4.69) is 64.8 Å². The molecule has 4 aromatic rings. The SMILES string of the molecule is Cc1c([C@H]2[C@H](c3ccccn3)NC(=S)N2c2ccccc2)c(C)n(-c2cccc(Cl)c2)c1C. The summed E-state index contributed by atoms with van der Waals surface area (Å²) in [4.78, 5) is 6.91. The number of thiocarbonyl (C=S) groups is 1. The van der Waals surface area contributed by atoms with Crippen LogP contribution in [0.4, 0.5) is 5.69 Å². The molecule has 5 rings (SSSR count). The molecular formula is C27H25ClN4S. The highest BCUT2D eigenvalue weighted by molar-refractivity contribution is 7.80. The van der Waals surface area contributed by atoms with Crippen LogP contribution in [-0.2, 0) is 0 Å². The second-order valence-corrected chi connectivity index (χ2v) is 9.18. The Labute approximate surface area is 204 Å². The van der Waals surface area contributed by atoms with Gasteiger partial charge in [-0.3, -0.25) is 4.98 Å². The third kappa shape index (κ3) is 3.71. The predicted octanol–water partition coefficient (Wildman–Crippen LogP) is 6.63. The lowest BCUT2D eigenvalue weighted by Crippen LogP contribution is -2.29. The average Bonchev–Trinajstić information content (AvgIpc) is 3.27. The van der Waals surface area contributed by atoms with Gasteiger partial charge in [-0.25, -0.2) is 0 Å². The molecule has 1 aliphatic heterocycles. The quantitative estimate of drug-likeness (QED) is 0.338. The molecule has 33 heavy (non-hydrogen) atoms. The van der Waals surface area contributed by atoms with Crippen molar-refractivity contribution in [3.8, 4) is 5.69 Å². The molecule has 2 aromatic heterocycles. The smallest absolute Gasteiger partial charge is 0.174 e. The van der Waals surface area contributed by atoms with Crippen molar-refractivity contribution >= 4 is 34.6 Å². The van der Waals surface area contributed by atoms with E-state index >= 15 is 0 Å². The van der Waals surface area contributed by atoms with Crippen LogP contribution in [-0.4, -0.2) is 14.7 Å². The van der Waals surface area contributed by atoms with Crippen LogP contribution < -0.4 is 10.2 Å². The van der Waals surface area contributed by atoms with Gasteiger partial charge in [0.25, 0.3) is 0 Å². The van der Waals surface area contributed by atoms with Crippen molar-refractivity contribution in [1.82, 2.24) is 14.9 Å². The third-order valence-corrected chi connectivity index (χ3v) is 7.05. The van der Waals surface area contributed by atoms with Crippen LogP contribution in [0.3, 0.4) is 0 Å². The van der Waals surface area contributed by atoms with Gasteiger partial charge in [0.15, 0.2) is 5.11 Å². The van der Waals surface area contributed by atoms with Gasteiger partial charge in [-0.05, 0) is 81.0 Å². The van der Waals surface area contributed by atoms with Crippen molar-refractivity contribution in [2.24, 2.45) is 0 Å². The van der Waals surface area contributed by atoms with E-state index in [4.69, 9.17) is 23.8 Å². The number of hydrogen-bond donors (Lipinski definition) is 1. The summed E-state index contributed by atoms with van der Waals surface area (Å²) in [6, 6.07) is 24.2. The van der Waals surface area contributed by atoms with Gasteiger partial charge in [0.2, 0.25) is 0 Å². The molecule has 1 aliphatic rings. The Hall–Kier alpha value is -3.15. The highest BCUT2D eigenvalue weighted by atomic mass is 35.5. The Morgan fingerprint density at radius 3 is 2.30 bits per heavy atom. The van der Waals surface area contributed by atoms with Gasteiger partial charge in [-0.15, -0.1) is 0 Å². The van der Waals surface area contributed by atoms with Crippen molar-refractivity contribution in [3.05, 3.63) is 112 Å². The largest absolute Gasteiger partial charge is 0.351 e. The third-order valence-electron chi connectivity index (χ3n) is 6.50. The first kappa shape index (κ1) is 21.7. The van der Waals surface area contributed by atoms with Gasteiger partial charge >= 0.3 is 0 Å². The molecule has 1 N–H and O–H groups in total. The van der Waals surface area contributed by atoms with E-state index < -0.39 is 0 Å². The fourth-order valence-electron chi connectivity index (χ4n) is 4.96. The molecule has 0 amide bonds. The van der Waals surface area contributed by atoms with Crippen LogP contribution in [0.1, 0.15) is 40.3 Å². The molecule has 0 bridgehead atoms. The van der Waals surface area contributed by atoms with E-state index in [9.17, 15) is 0 Å². The molecule has 4 nitrogen and oxygen atoms in total. The number of halogens is 1. The number of aromatic nitrogens is 2. The van der Waals surface area contributed by atoms with Crippen LogP contribution in [0, 0.1) is 20.8 Å². The van der Waals surface area contributed by atoms with Crippen molar-refractivity contribution < 1.29 is 0 Å². The summed E-state index contributed by atoms with van der Waals surface area (Å²) >= 11 is 12.2. The highest BCUT2D eigenvalue weighted by Gasteiger charge is 2.43. The van der Waals surface area contributed by atoms with Gasteiger partial charge in [-0.2, -0.15) is 0 Å². The molecule has 0 aliphatic carbocycles. The number of rotatable bonds is 4. The number of nitrogens with zero attached hydrogens (tertiary/aromatic N) is 3. The van der Waals surface area contributed by atoms with Crippen LogP contribution in [0.15, 0.2) is 79.0 Å². The number of nitrogens with one attached hydrogen (secondary N) is 1. The van der Waals surface area contributed by atoms with Crippen molar-refractivity contribution in [2.75, 3.05) is 4.90 Å². The maximum atomic E-state index is 6.34. The molecule has 1 saturated heterocycles. The number of anilines is 1. The molecule has 2 atom stereocenters. The summed E-state index contributed by atoms with van der Waals surface area (Å²) in [6.07, 6.45) is 1.84. The lowest BCUT2D eigenvalue weighted by atomic mass is 9.93. The highest BCUT2D eigenvalue weighted by Crippen LogP contribution is 2.45. The second kappa shape index (κ2) is 8.65. The summed E-state index contributed by atoms with van der Waals surface area (Å²) in [5.41, 5.74) is 7.94. The van der Waals surface area contributed by atoms with E-state index in [1.165, 1.54) is 22.5 Å². The van der Waals surface area contributed by atoms with Gasteiger partial charge in [0, 0.05) is 39.5 Å². The Balaban J connectivity index is 1.73. The number of para-hydroxylation sites is 1. The fourth-order valence-corrected chi connectivity index (χ4v) is 5.49. The molecule has 0 unspecified atom stereocenters. The first-order chi connectivity index (χ1) is 16.0. The standard InChI is InChI=1S/C27H25ClN4S/c1-17-18(2)31(22-13-9-10-20(28)16-22)19(3)24(17)26-25(23-14-7-8-15-29-23)30-27(33)32(26)21-11-5-4-6-12-21/h4-16,25-26H,1-3H3,(H,30,33)/t25-,26-/m0/s1. The molecule has 0 spiro atoms. The number of pyridine rings is 1. The zero-order chi connectivity index (χ0) is 23.1. The van der Waals surface area contributed by atoms with Gasteiger partial charge in [0.1, 0.15) is 0 Å². The zero-order valence-corrected chi connectivity index (χ0v) is 20.4.